The number of phenols is 1. The Morgan fingerprint density at radius 1 is 1.00 bits per heavy atom. The maximum atomic E-state index is 9.78. The van der Waals surface area contributed by atoms with Gasteiger partial charge in [-0.2, -0.15) is 5.11 Å². The highest BCUT2D eigenvalue weighted by atomic mass is 127. The first-order valence-electron chi connectivity index (χ1n) is 6.06. The van der Waals surface area contributed by atoms with E-state index in [2.05, 4.69) is 46.7 Å². The molecule has 98 valence electrons. The molecule has 3 nitrogen and oxygen atoms in total. The molecule has 4 heteroatoms. The molecule has 0 aliphatic heterocycles. The number of halogens is 1. The average Bonchev–Trinajstić information content (AvgIpc) is 2.39. The van der Waals surface area contributed by atoms with E-state index in [4.69, 9.17) is 0 Å². The molecule has 0 saturated carbocycles. The van der Waals surface area contributed by atoms with E-state index in [1.807, 2.05) is 36.4 Å². The van der Waals surface area contributed by atoms with Crippen LogP contribution in [0.5, 0.6) is 5.75 Å². The van der Waals surface area contributed by atoms with Crippen molar-refractivity contribution in [2.24, 2.45) is 10.2 Å². The normalized spacial score (nSPS) is 11.4. The zero-order valence-corrected chi connectivity index (χ0v) is 13.0. The number of rotatable bonds is 3. The third kappa shape index (κ3) is 3.76. The summed E-state index contributed by atoms with van der Waals surface area (Å²) in [5, 5.41) is 18.0. The third-order valence-electron chi connectivity index (χ3n) is 2.77. The Labute approximate surface area is 126 Å². The van der Waals surface area contributed by atoms with Gasteiger partial charge in [-0.3, -0.25) is 0 Å². The Kier molecular flexibility index (Phi) is 4.52. The summed E-state index contributed by atoms with van der Waals surface area (Å²) in [7, 11) is 0. The highest BCUT2D eigenvalue weighted by Gasteiger charge is 2.04. The Bertz CT molecular complexity index is 592. The van der Waals surface area contributed by atoms with Gasteiger partial charge in [-0.1, -0.05) is 19.9 Å². The fourth-order valence-electron chi connectivity index (χ4n) is 1.60. The summed E-state index contributed by atoms with van der Waals surface area (Å²) >= 11 is 2.24. The Hall–Kier alpha value is -1.43. The number of benzene rings is 2. The van der Waals surface area contributed by atoms with Gasteiger partial charge >= 0.3 is 0 Å². The molecule has 0 aliphatic carbocycles. The first-order valence-corrected chi connectivity index (χ1v) is 7.14. The minimum absolute atomic E-state index is 0.152. The van der Waals surface area contributed by atoms with Gasteiger partial charge in [0.25, 0.3) is 0 Å². The first-order chi connectivity index (χ1) is 9.06. The number of hydrogen-bond donors (Lipinski definition) is 1. The molecule has 0 aromatic heterocycles. The summed E-state index contributed by atoms with van der Waals surface area (Å²) < 4.78 is 1.15. The topological polar surface area (TPSA) is 45.0 Å². The molecule has 2 rings (SSSR count). The maximum absolute atomic E-state index is 9.78. The molecule has 0 spiro atoms. The number of nitrogens with zero attached hydrogens (tertiary/aromatic N) is 2. The number of aromatic hydroxyl groups is 1. The molecule has 0 heterocycles. The van der Waals surface area contributed by atoms with Gasteiger partial charge in [-0.25, -0.2) is 0 Å². The van der Waals surface area contributed by atoms with Crippen molar-refractivity contribution in [1.29, 1.82) is 0 Å². The quantitative estimate of drug-likeness (QED) is 0.563. The minimum atomic E-state index is 0.152. The fourth-order valence-corrected chi connectivity index (χ4v) is 1.96. The molecule has 2 aromatic carbocycles. The van der Waals surface area contributed by atoms with Crippen LogP contribution in [-0.2, 0) is 0 Å². The van der Waals surface area contributed by atoms with Gasteiger partial charge in [0.15, 0.2) is 0 Å². The van der Waals surface area contributed by atoms with Gasteiger partial charge in [-0.05, 0) is 70.5 Å². The van der Waals surface area contributed by atoms with Crippen molar-refractivity contribution in [2.45, 2.75) is 19.8 Å². The monoisotopic (exact) mass is 366 g/mol. The van der Waals surface area contributed by atoms with Crippen molar-refractivity contribution in [1.82, 2.24) is 0 Å². The van der Waals surface area contributed by atoms with E-state index in [1.54, 1.807) is 6.07 Å². The lowest BCUT2D eigenvalue weighted by Gasteiger charge is -2.06. The molecule has 0 atom stereocenters. The molecule has 2 aromatic rings. The van der Waals surface area contributed by atoms with Crippen molar-refractivity contribution >= 4 is 34.0 Å². The Balaban J connectivity index is 2.27. The van der Waals surface area contributed by atoms with Gasteiger partial charge in [0.05, 0.1) is 5.69 Å². The van der Waals surface area contributed by atoms with Gasteiger partial charge in [0, 0.05) is 3.57 Å². The number of azo groups is 1. The van der Waals surface area contributed by atoms with E-state index in [-0.39, 0.29) is 5.75 Å². The van der Waals surface area contributed by atoms with Crippen LogP contribution in [0.1, 0.15) is 25.3 Å². The minimum Gasteiger partial charge on any atom is -0.506 e. The summed E-state index contributed by atoms with van der Waals surface area (Å²) in [6, 6.07) is 13.2. The van der Waals surface area contributed by atoms with Gasteiger partial charge in [0.2, 0.25) is 0 Å². The molecule has 0 saturated heterocycles. The van der Waals surface area contributed by atoms with Crippen LogP contribution in [0.4, 0.5) is 11.4 Å². The van der Waals surface area contributed by atoms with E-state index in [1.165, 1.54) is 0 Å². The molecule has 0 fully saturated rings. The Morgan fingerprint density at radius 3 is 2.32 bits per heavy atom. The lowest BCUT2D eigenvalue weighted by atomic mass is 10.0. The third-order valence-corrected chi connectivity index (χ3v) is 3.49. The van der Waals surface area contributed by atoms with Crippen LogP contribution in [0.2, 0.25) is 0 Å². The largest absolute Gasteiger partial charge is 0.506 e. The fraction of sp³-hybridized carbons (Fsp3) is 0.200. The average molecular weight is 366 g/mol. The van der Waals surface area contributed by atoms with Crippen molar-refractivity contribution < 1.29 is 5.11 Å². The van der Waals surface area contributed by atoms with Crippen molar-refractivity contribution in [2.75, 3.05) is 0 Å². The van der Waals surface area contributed by atoms with Crippen LogP contribution >= 0.6 is 22.6 Å². The molecule has 0 bridgehead atoms. The van der Waals surface area contributed by atoms with E-state index in [0.717, 1.165) is 14.8 Å². The summed E-state index contributed by atoms with van der Waals surface area (Å²) in [6.07, 6.45) is 0. The van der Waals surface area contributed by atoms with Gasteiger partial charge in [0.1, 0.15) is 11.4 Å². The second kappa shape index (κ2) is 6.14. The SMILES string of the molecule is CC(C)c1ccc(O)c(N=Nc2ccc(I)cc2)c1. The van der Waals surface area contributed by atoms with Crippen molar-refractivity contribution in [3.63, 3.8) is 0 Å². The molecular weight excluding hydrogens is 351 g/mol. The smallest absolute Gasteiger partial charge is 0.143 e. The zero-order chi connectivity index (χ0) is 13.8. The van der Waals surface area contributed by atoms with Gasteiger partial charge < -0.3 is 5.11 Å². The van der Waals surface area contributed by atoms with Crippen molar-refractivity contribution in [3.05, 3.63) is 51.6 Å². The van der Waals surface area contributed by atoms with Crippen LogP contribution in [0.3, 0.4) is 0 Å². The van der Waals surface area contributed by atoms with E-state index >= 15 is 0 Å². The lowest BCUT2D eigenvalue weighted by molar-refractivity contribution is 0.476. The first kappa shape index (κ1) is 14.0. The maximum Gasteiger partial charge on any atom is 0.143 e. The summed E-state index contributed by atoms with van der Waals surface area (Å²) in [5.41, 5.74) is 2.41. The molecule has 1 N–H and O–H groups in total. The number of phenolic OH excluding ortho intramolecular Hbond substituents is 1. The van der Waals surface area contributed by atoms with E-state index in [9.17, 15) is 5.11 Å². The molecule has 0 radical (unpaired) electrons. The summed E-state index contributed by atoms with van der Waals surface area (Å²) in [4.78, 5) is 0. The highest BCUT2D eigenvalue weighted by molar-refractivity contribution is 14.1. The standard InChI is InChI=1S/C15H15IN2O/c1-10(2)11-3-8-15(19)14(9-11)18-17-13-6-4-12(16)5-7-13/h3-10,19H,1-2H3. The molecule has 0 aliphatic rings. The summed E-state index contributed by atoms with van der Waals surface area (Å²) in [5.74, 6) is 0.548. The lowest BCUT2D eigenvalue weighted by Crippen LogP contribution is -1.85. The highest BCUT2D eigenvalue weighted by Crippen LogP contribution is 2.31. The van der Waals surface area contributed by atoms with Crippen LogP contribution < -0.4 is 0 Å². The van der Waals surface area contributed by atoms with Crippen LogP contribution in [0, 0.1) is 3.57 Å². The molecule has 0 amide bonds. The predicted octanol–water partition coefficient (Wildman–Crippen LogP) is 5.54. The van der Waals surface area contributed by atoms with Gasteiger partial charge in [-0.15, -0.1) is 5.11 Å². The van der Waals surface area contributed by atoms with Crippen molar-refractivity contribution in [3.8, 4) is 5.75 Å². The van der Waals surface area contributed by atoms with Crippen LogP contribution in [0.15, 0.2) is 52.7 Å². The number of hydrogen-bond acceptors (Lipinski definition) is 3. The second-order valence-electron chi connectivity index (χ2n) is 4.58. The zero-order valence-electron chi connectivity index (χ0n) is 10.8. The predicted molar refractivity (Wildman–Crippen MR) is 85.5 cm³/mol. The van der Waals surface area contributed by atoms with Crippen LogP contribution in [0.25, 0.3) is 0 Å². The molecule has 19 heavy (non-hydrogen) atoms. The van der Waals surface area contributed by atoms with E-state index in [0.29, 0.717) is 11.6 Å². The van der Waals surface area contributed by atoms with Crippen LogP contribution in [-0.4, -0.2) is 5.11 Å². The molecule has 0 unspecified atom stereocenters. The molecular formula is C15H15IN2O. The summed E-state index contributed by atoms with van der Waals surface area (Å²) in [6.45, 7) is 4.21. The second-order valence-corrected chi connectivity index (χ2v) is 5.82. The Morgan fingerprint density at radius 2 is 1.68 bits per heavy atom. The van der Waals surface area contributed by atoms with E-state index < -0.39 is 0 Å².